The number of amides is 4. The maximum atomic E-state index is 13.0. The first-order valence-electron chi connectivity index (χ1n) is 14.8. The molecule has 41 heavy (non-hydrogen) atoms. The van der Waals surface area contributed by atoms with Crippen molar-refractivity contribution in [3.05, 3.63) is 0 Å². The summed E-state index contributed by atoms with van der Waals surface area (Å²) in [5, 5.41) is 10.6. The second kappa shape index (κ2) is 24.0. The lowest BCUT2D eigenvalue weighted by Gasteiger charge is -2.23. The van der Waals surface area contributed by atoms with E-state index >= 15 is 0 Å². The highest BCUT2D eigenvalue weighted by atomic mass is 16.2. The Morgan fingerprint density at radius 1 is 0.537 bits per heavy atom. The van der Waals surface area contributed by atoms with E-state index in [0.717, 1.165) is 12.8 Å². The molecule has 0 aromatic rings. The molecule has 14 N–H and O–H groups in total. The van der Waals surface area contributed by atoms with Crippen LogP contribution < -0.4 is 49.9 Å². The molecule has 0 aliphatic rings. The van der Waals surface area contributed by atoms with Crippen molar-refractivity contribution < 1.29 is 24.0 Å². The fourth-order valence-electron chi connectivity index (χ4n) is 4.12. The molecule has 0 aliphatic carbocycles. The number of ketones is 1. The van der Waals surface area contributed by atoms with Gasteiger partial charge in [0.15, 0.2) is 5.78 Å². The third-order valence-corrected chi connectivity index (χ3v) is 6.66. The van der Waals surface area contributed by atoms with Crippen molar-refractivity contribution in [3.63, 3.8) is 0 Å². The van der Waals surface area contributed by atoms with Gasteiger partial charge >= 0.3 is 0 Å². The minimum absolute atomic E-state index is 0.184. The first kappa shape index (κ1) is 38.4. The van der Waals surface area contributed by atoms with Crippen LogP contribution in [0, 0.1) is 0 Å². The summed E-state index contributed by atoms with van der Waals surface area (Å²) in [7, 11) is 0. The lowest BCUT2D eigenvalue weighted by Crippen LogP contribution is -2.55. The van der Waals surface area contributed by atoms with Crippen LogP contribution >= 0.6 is 0 Å². The van der Waals surface area contributed by atoms with Gasteiger partial charge in [0, 0.05) is 0 Å². The van der Waals surface area contributed by atoms with Crippen LogP contribution in [0.25, 0.3) is 0 Å². The zero-order chi connectivity index (χ0) is 31.0. The van der Waals surface area contributed by atoms with E-state index in [-0.39, 0.29) is 5.78 Å². The van der Waals surface area contributed by atoms with Gasteiger partial charge in [-0.1, -0.05) is 6.42 Å². The van der Waals surface area contributed by atoms with Crippen LogP contribution in [-0.2, 0) is 24.0 Å². The van der Waals surface area contributed by atoms with E-state index in [1.54, 1.807) is 0 Å². The van der Waals surface area contributed by atoms with Crippen LogP contribution in [0.2, 0.25) is 0 Å². The van der Waals surface area contributed by atoms with Crippen LogP contribution in [0.3, 0.4) is 0 Å². The van der Waals surface area contributed by atoms with E-state index in [2.05, 4.69) is 21.3 Å². The Morgan fingerprint density at radius 2 is 0.951 bits per heavy atom. The predicted molar refractivity (Wildman–Crippen MR) is 159 cm³/mol. The van der Waals surface area contributed by atoms with Gasteiger partial charge in [-0.3, -0.25) is 24.0 Å². The van der Waals surface area contributed by atoms with Crippen LogP contribution in [-0.4, -0.2) is 86.3 Å². The average Bonchev–Trinajstić information content (AvgIpc) is 2.94. The summed E-state index contributed by atoms with van der Waals surface area (Å²) >= 11 is 0. The lowest BCUT2D eigenvalue weighted by atomic mass is 10.0. The van der Waals surface area contributed by atoms with E-state index < -0.39 is 54.3 Å². The molecule has 0 aromatic heterocycles. The van der Waals surface area contributed by atoms with Gasteiger partial charge in [-0.15, -0.1) is 0 Å². The molecule has 4 unspecified atom stereocenters. The molecule has 0 heterocycles. The molecule has 4 atom stereocenters. The molecule has 4 amide bonds. The summed E-state index contributed by atoms with van der Waals surface area (Å²) < 4.78 is 0. The summed E-state index contributed by atoms with van der Waals surface area (Å²) in [6.07, 6.45) is 6.86. The fraction of sp³-hybridized carbons (Fsp3) is 0.815. The first-order chi connectivity index (χ1) is 19.6. The molecule has 0 rings (SSSR count). The average molecular weight is 586 g/mol. The molecular formula is C27H55N9O5. The Kier molecular flexibility index (Phi) is 22.4. The van der Waals surface area contributed by atoms with Gasteiger partial charge in [-0.2, -0.15) is 0 Å². The van der Waals surface area contributed by atoms with Crippen LogP contribution in [0.4, 0.5) is 0 Å². The number of hydrogen-bond donors (Lipinski definition) is 9. The summed E-state index contributed by atoms with van der Waals surface area (Å²) in [6.45, 7) is 2.86. The molecule has 0 radical (unpaired) electrons. The highest BCUT2D eigenvalue weighted by Gasteiger charge is 2.26. The monoisotopic (exact) mass is 585 g/mol. The lowest BCUT2D eigenvalue weighted by molar-refractivity contribution is -0.132. The maximum absolute atomic E-state index is 13.0. The van der Waals surface area contributed by atoms with Crippen molar-refractivity contribution in [3.8, 4) is 0 Å². The van der Waals surface area contributed by atoms with Crippen molar-refractivity contribution in [2.45, 2.75) is 108 Å². The molecule has 0 bridgehead atoms. The highest BCUT2D eigenvalue weighted by Crippen LogP contribution is 2.07. The van der Waals surface area contributed by atoms with Gasteiger partial charge in [0.1, 0.15) is 12.1 Å². The Hall–Kier alpha value is -2.65. The van der Waals surface area contributed by atoms with Gasteiger partial charge in [0.25, 0.3) is 0 Å². The van der Waals surface area contributed by atoms with Crippen molar-refractivity contribution in [2.24, 2.45) is 28.7 Å². The minimum atomic E-state index is -0.908. The van der Waals surface area contributed by atoms with Crippen molar-refractivity contribution in [1.29, 1.82) is 0 Å². The number of nitrogens with one attached hydrogen (secondary N) is 4. The largest absolute Gasteiger partial charge is 0.345 e. The molecule has 0 saturated heterocycles. The van der Waals surface area contributed by atoms with Crippen molar-refractivity contribution in [2.75, 3.05) is 32.7 Å². The van der Waals surface area contributed by atoms with Crippen molar-refractivity contribution >= 4 is 29.4 Å². The first-order valence-corrected chi connectivity index (χ1v) is 14.8. The summed E-state index contributed by atoms with van der Waals surface area (Å²) in [4.78, 5) is 63.2. The minimum Gasteiger partial charge on any atom is -0.345 e. The molecule has 14 heteroatoms. The molecule has 0 saturated carbocycles. The quantitative estimate of drug-likeness (QED) is 0.0531. The topological polar surface area (TPSA) is 264 Å². The van der Waals surface area contributed by atoms with Crippen molar-refractivity contribution in [1.82, 2.24) is 21.3 Å². The van der Waals surface area contributed by atoms with E-state index in [4.69, 9.17) is 28.7 Å². The van der Waals surface area contributed by atoms with E-state index in [1.165, 1.54) is 6.92 Å². The molecule has 0 aromatic carbocycles. The number of Topliss-reactive ketones (excluding diaryl/α,β-unsaturated/α-hetero) is 1. The van der Waals surface area contributed by atoms with Gasteiger partial charge in [0.05, 0.1) is 18.6 Å². The standard InChI is InChI=1S/C27H55N9O5/c1-19(37)21(11-3-7-15-29)35-27(41)23(13-5-9-17-31)34-24(38)18-33-26(40)22(12-4-8-16-30)36-25(39)20(32)10-2-6-14-28/h20-23H,2-18,28-32H2,1H3,(H,33,40)(H,34,38)(H,35,41)(H,36,39). The van der Waals surface area contributed by atoms with Gasteiger partial charge in [-0.25, -0.2) is 0 Å². The van der Waals surface area contributed by atoms with Crippen LogP contribution in [0.15, 0.2) is 0 Å². The normalized spacial score (nSPS) is 13.9. The Bertz CT molecular complexity index is 784. The third-order valence-electron chi connectivity index (χ3n) is 6.66. The van der Waals surface area contributed by atoms with E-state index in [0.29, 0.717) is 90.4 Å². The number of rotatable bonds is 25. The zero-order valence-corrected chi connectivity index (χ0v) is 24.8. The van der Waals surface area contributed by atoms with Crippen LogP contribution in [0.5, 0.6) is 0 Å². The van der Waals surface area contributed by atoms with Gasteiger partial charge in [-0.05, 0) is 104 Å². The SMILES string of the molecule is CC(=O)C(CCCCN)NC(=O)C(CCCCN)NC(=O)CNC(=O)C(CCCCN)NC(=O)C(N)CCCCN. The summed E-state index contributed by atoms with van der Waals surface area (Å²) in [5.41, 5.74) is 28.1. The molecule has 238 valence electrons. The Balaban J connectivity index is 5.20. The van der Waals surface area contributed by atoms with E-state index in [1.807, 2.05) is 0 Å². The Morgan fingerprint density at radius 3 is 1.41 bits per heavy atom. The molecule has 0 fully saturated rings. The molecular weight excluding hydrogens is 530 g/mol. The number of carbonyl (C=O) groups is 5. The number of carbonyl (C=O) groups excluding carboxylic acids is 5. The molecule has 0 aliphatic heterocycles. The third kappa shape index (κ3) is 18.4. The second-order valence-corrected chi connectivity index (χ2v) is 10.3. The number of hydrogen-bond acceptors (Lipinski definition) is 10. The van der Waals surface area contributed by atoms with Gasteiger partial charge < -0.3 is 49.9 Å². The highest BCUT2D eigenvalue weighted by molar-refractivity contribution is 5.94. The van der Waals surface area contributed by atoms with Gasteiger partial charge in [0.2, 0.25) is 23.6 Å². The Labute approximate surface area is 244 Å². The predicted octanol–water partition coefficient (Wildman–Crippen LogP) is -2.01. The summed E-state index contributed by atoms with van der Waals surface area (Å²) in [6, 6.07) is -3.26. The zero-order valence-electron chi connectivity index (χ0n) is 24.8. The number of nitrogens with two attached hydrogens (primary N) is 5. The summed E-state index contributed by atoms with van der Waals surface area (Å²) in [5.74, 6) is -2.25. The molecule has 14 nitrogen and oxygen atoms in total. The molecule has 0 spiro atoms. The smallest absolute Gasteiger partial charge is 0.243 e. The second-order valence-electron chi connectivity index (χ2n) is 10.3. The van der Waals surface area contributed by atoms with E-state index in [9.17, 15) is 24.0 Å². The van der Waals surface area contributed by atoms with Crippen LogP contribution in [0.1, 0.15) is 84.0 Å². The number of unbranched alkanes of at least 4 members (excludes halogenated alkanes) is 4. The maximum Gasteiger partial charge on any atom is 0.243 e. The fourth-order valence-corrected chi connectivity index (χ4v) is 4.12.